The second-order valence-electron chi connectivity index (χ2n) is 6.80. The van der Waals surface area contributed by atoms with E-state index in [4.69, 9.17) is 14.5 Å². The highest BCUT2D eigenvalue weighted by atomic mass is 16.5. The molecule has 150 valence electrons. The van der Waals surface area contributed by atoms with Crippen LogP contribution in [0.2, 0.25) is 0 Å². The summed E-state index contributed by atoms with van der Waals surface area (Å²) in [7, 11) is 3.15. The lowest BCUT2D eigenvalue weighted by molar-refractivity contribution is 0.355. The Morgan fingerprint density at radius 2 is 1.73 bits per heavy atom. The Labute approximate surface area is 174 Å². The fraction of sp³-hybridized carbons (Fsp3) is 0.125. The third-order valence-corrected chi connectivity index (χ3v) is 4.76. The molecule has 0 saturated carbocycles. The molecule has 0 aliphatic carbocycles. The zero-order valence-corrected chi connectivity index (χ0v) is 17.0. The van der Waals surface area contributed by atoms with Crippen LogP contribution in [0.3, 0.4) is 0 Å². The number of ether oxygens (including phenoxy) is 2. The monoisotopic (exact) mass is 399 g/mol. The highest BCUT2D eigenvalue weighted by Gasteiger charge is 2.14. The number of para-hydroxylation sites is 1. The molecule has 0 spiro atoms. The van der Waals surface area contributed by atoms with Crippen molar-refractivity contribution in [2.45, 2.75) is 6.92 Å². The van der Waals surface area contributed by atoms with Gasteiger partial charge in [0.2, 0.25) is 0 Å². The van der Waals surface area contributed by atoms with Gasteiger partial charge in [0.15, 0.2) is 17.3 Å². The van der Waals surface area contributed by atoms with Crippen molar-refractivity contribution in [3.8, 4) is 22.9 Å². The number of nitrogens with zero attached hydrogens (tertiary/aromatic N) is 3. The molecule has 3 aromatic carbocycles. The molecule has 0 bridgehead atoms. The molecule has 1 aromatic heterocycles. The first kappa shape index (κ1) is 19.4. The van der Waals surface area contributed by atoms with Gasteiger partial charge in [-0.15, -0.1) is 0 Å². The molecule has 30 heavy (non-hydrogen) atoms. The SMILES string of the molecule is COc1ccc(-c2nc3ccccc3c(=O)n2N=Cc2cccc(C)c2)cc1OC. The predicted molar refractivity (Wildman–Crippen MR) is 119 cm³/mol. The summed E-state index contributed by atoms with van der Waals surface area (Å²) >= 11 is 0. The number of methoxy groups -OCH3 is 2. The van der Waals surface area contributed by atoms with E-state index < -0.39 is 0 Å². The van der Waals surface area contributed by atoms with E-state index in [1.54, 1.807) is 38.6 Å². The van der Waals surface area contributed by atoms with Crippen molar-refractivity contribution in [3.63, 3.8) is 0 Å². The predicted octanol–water partition coefficient (Wildman–Crippen LogP) is 4.27. The molecule has 0 N–H and O–H groups in total. The molecule has 0 amide bonds. The van der Waals surface area contributed by atoms with Crippen LogP contribution in [-0.4, -0.2) is 30.1 Å². The molecule has 0 fully saturated rings. The van der Waals surface area contributed by atoms with Crippen LogP contribution in [0, 0.1) is 6.92 Å². The third kappa shape index (κ3) is 3.67. The molecule has 4 aromatic rings. The number of fused-ring (bicyclic) bond motifs is 1. The van der Waals surface area contributed by atoms with E-state index in [0.29, 0.717) is 33.8 Å². The van der Waals surface area contributed by atoms with Crippen LogP contribution in [0.25, 0.3) is 22.3 Å². The van der Waals surface area contributed by atoms with Crippen LogP contribution < -0.4 is 15.0 Å². The zero-order valence-electron chi connectivity index (χ0n) is 17.0. The highest BCUT2D eigenvalue weighted by molar-refractivity contribution is 5.82. The van der Waals surface area contributed by atoms with Crippen LogP contribution in [0.1, 0.15) is 11.1 Å². The average molecular weight is 399 g/mol. The lowest BCUT2D eigenvalue weighted by atomic mass is 10.1. The van der Waals surface area contributed by atoms with E-state index in [0.717, 1.165) is 11.1 Å². The van der Waals surface area contributed by atoms with Gasteiger partial charge in [-0.3, -0.25) is 4.79 Å². The van der Waals surface area contributed by atoms with Gasteiger partial charge in [-0.05, 0) is 42.8 Å². The fourth-order valence-corrected chi connectivity index (χ4v) is 3.27. The smallest absolute Gasteiger partial charge is 0.282 e. The second kappa shape index (κ2) is 8.21. The normalized spacial score (nSPS) is 11.2. The minimum atomic E-state index is -0.241. The van der Waals surface area contributed by atoms with E-state index in [9.17, 15) is 4.79 Å². The Balaban J connectivity index is 1.94. The molecular formula is C24H21N3O3. The van der Waals surface area contributed by atoms with Crippen molar-refractivity contribution in [2.75, 3.05) is 14.2 Å². The first-order valence-electron chi connectivity index (χ1n) is 9.46. The second-order valence-corrected chi connectivity index (χ2v) is 6.80. The Hall–Kier alpha value is -3.93. The number of aromatic nitrogens is 2. The molecule has 0 saturated heterocycles. The maximum Gasteiger partial charge on any atom is 0.282 e. The molecule has 0 atom stereocenters. The van der Waals surface area contributed by atoms with Crippen LogP contribution in [0.5, 0.6) is 11.5 Å². The van der Waals surface area contributed by atoms with E-state index in [1.165, 1.54) is 4.68 Å². The standard InChI is InChI=1S/C24H21N3O3/c1-16-7-6-8-17(13-16)15-25-27-23(18-11-12-21(29-2)22(14-18)30-3)26-20-10-5-4-9-19(20)24(27)28/h4-15H,1-3H3. The molecule has 0 unspecified atom stereocenters. The van der Waals surface area contributed by atoms with Crippen LogP contribution in [0.15, 0.2) is 76.6 Å². The Bertz CT molecular complexity index is 1310. The van der Waals surface area contributed by atoms with E-state index >= 15 is 0 Å². The van der Waals surface area contributed by atoms with Gasteiger partial charge in [-0.25, -0.2) is 4.98 Å². The lowest BCUT2D eigenvalue weighted by Crippen LogP contribution is -2.20. The molecular weight excluding hydrogens is 378 g/mol. The minimum Gasteiger partial charge on any atom is -0.493 e. The first-order valence-corrected chi connectivity index (χ1v) is 9.46. The molecule has 0 aliphatic heterocycles. The van der Waals surface area contributed by atoms with E-state index in [2.05, 4.69) is 5.10 Å². The van der Waals surface area contributed by atoms with Crippen molar-refractivity contribution in [3.05, 3.63) is 88.2 Å². The van der Waals surface area contributed by atoms with Gasteiger partial charge < -0.3 is 9.47 Å². The summed E-state index contributed by atoms with van der Waals surface area (Å²) in [6.07, 6.45) is 1.66. The van der Waals surface area contributed by atoms with Gasteiger partial charge in [-0.1, -0.05) is 42.0 Å². The molecule has 1 heterocycles. The number of hydrogen-bond acceptors (Lipinski definition) is 5. The summed E-state index contributed by atoms with van der Waals surface area (Å²) in [4.78, 5) is 18.0. The van der Waals surface area contributed by atoms with Crippen LogP contribution in [-0.2, 0) is 0 Å². The van der Waals surface area contributed by atoms with Crippen molar-refractivity contribution >= 4 is 17.1 Å². The van der Waals surface area contributed by atoms with Crippen molar-refractivity contribution < 1.29 is 9.47 Å². The molecule has 6 heteroatoms. The van der Waals surface area contributed by atoms with Gasteiger partial charge >= 0.3 is 0 Å². The van der Waals surface area contributed by atoms with Crippen molar-refractivity contribution in [2.24, 2.45) is 5.10 Å². The summed E-state index contributed by atoms with van der Waals surface area (Å²) in [5.74, 6) is 1.56. The largest absolute Gasteiger partial charge is 0.493 e. The average Bonchev–Trinajstić information content (AvgIpc) is 2.78. The van der Waals surface area contributed by atoms with Gasteiger partial charge in [0.1, 0.15) is 0 Å². The summed E-state index contributed by atoms with van der Waals surface area (Å²) < 4.78 is 12.1. The van der Waals surface area contributed by atoms with Gasteiger partial charge in [0.05, 0.1) is 31.3 Å². The Kier molecular flexibility index (Phi) is 5.30. The highest BCUT2D eigenvalue weighted by Crippen LogP contribution is 2.31. The van der Waals surface area contributed by atoms with Crippen molar-refractivity contribution in [1.29, 1.82) is 0 Å². The number of rotatable bonds is 5. The fourth-order valence-electron chi connectivity index (χ4n) is 3.27. The quantitative estimate of drug-likeness (QED) is 0.470. The summed E-state index contributed by atoms with van der Waals surface area (Å²) in [5, 5.41) is 4.99. The van der Waals surface area contributed by atoms with Gasteiger partial charge in [0, 0.05) is 5.56 Å². The molecule has 4 rings (SSSR count). The van der Waals surface area contributed by atoms with Crippen molar-refractivity contribution in [1.82, 2.24) is 9.66 Å². The Morgan fingerprint density at radius 1 is 0.933 bits per heavy atom. The van der Waals surface area contributed by atoms with Gasteiger partial charge in [-0.2, -0.15) is 9.78 Å². The van der Waals surface area contributed by atoms with Crippen LogP contribution >= 0.6 is 0 Å². The maximum absolute atomic E-state index is 13.2. The number of aryl methyl sites for hydroxylation is 1. The Morgan fingerprint density at radius 3 is 2.50 bits per heavy atom. The molecule has 6 nitrogen and oxygen atoms in total. The topological polar surface area (TPSA) is 65.7 Å². The van der Waals surface area contributed by atoms with Crippen LogP contribution in [0.4, 0.5) is 0 Å². The summed E-state index contributed by atoms with van der Waals surface area (Å²) in [6, 6.07) is 20.5. The number of hydrogen-bond donors (Lipinski definition) is 0. The van der Waals surface area contributed by atoms with Gasteiger partial charge in [0.25, 0.3) is 5.56 Å². The minimum absolute atomic E-state index is 0.241. The summed E-state index contributed by atoms with van der Waals surface area (Å²) in [6.45, 7) is 2.01. The van der Waals surface area contributed by atoms with E-state index in [-0.39, 0.29) is 5.56 Å². The lowest BCUT2D eigenvalue weighted by Gasteiger charge is -2.12. The molecule has 0 aliphatic rings. The first-order chi connectivity index (χ1) is 14.6. The maximum atomic E-state index is 13.2. The van der Waals surface area contributed by atoms with E-state index in [1.807, 2.05) is 55.5 Å². The zero-order chi connectivity index (χ0) is 21.1. The third-order valence-electron chi connectivity index (χ3n) is 4.76. The summed E-state index contributed by atoms with van der Waals surface area (Å²) in [5.41, 5.74) is 3.07. The molecule has 0 radical (unpaired) electrons. The number of benzene rings is 3.